The molecule has 0 fully saturated rings. The molecule has 0 radical (unpaired) electrons. The van der Waals surface area contributed by atoms with Gasteiger partial charge in [0.15, 0.2) is 0 Å². The van der Waals surface area contributed by atoms with E-state index in [9.17, 15) is 4.79 Å². The Labute approximate surface area is 148 Å². The Balaban J connectivity index is 1.82. The molecule has 1 heterocycles. The van der Waals surface area contributed by atoms with Crippen LogP contribution in [0.1, 0.15) is 12.5 Å². The molecular formula is C21H19NOSe. The van der Waals surface area contributed by atoms with Gasteiger partial charge in [0.05, 0.1) is 0 Å². The van der Waals surface area contributed by atoms with Crippen molar-refractivity contribution in [2.24, 2.45) is 0 Å². The van der Waals surface area contributed by atoms with Gasteiger partial charge in [-0.15, -0.1) is 0 Å². The molecule has 0 aromatic heterocycles. The van der Waals surface area contributed by atoms with E-state index in [0.717, 1.165) is 11.0 Å². The number of likely N-dealkylation sites (N-methyl/N-ethyl adjacent to an activating group) is 1. The van der Waals surface area contributed by atoms with Crippen molar-refractivity contribution in [3.05, 3.63) is 72.3 Å². The molecule has 3 aromatic rings. The zero-order valence-corrected chi connectivity index (χ0v) is 15.5. The minimum atomic E-state index is -0.444. The van der Waals surface area contributed by atoms with Crippen molar-refractivity contribution in [2.75, 3.05) is 11.9 Å². The third-order valence-electron chi connectivity index (χ3n) is 4.87. The summed E-state index contributed by atoms with van der Waals surface area (Å²) >= 11 is 0.269. The molecule has 1 atom stereocenters. The molecule has 0 bridgehead atoms. The second-order valence-corrected chi connectivity index (χ2v) is 8.68. The van der Waals surface area contributed by atoms with Gasteiger partial charge < -0.3 is 0 Å². The maximum atomic E-state index is 13.1. The van der Waals surface area contributed by atoms with E-state index in [1.807, 2.05) is 18.0 Å². The first-order valence-corrected chi connectivity index (χ1v) is 10.2. The van der Waals surface area contributed by atoms with Crippen LogP contribution in [0, 0.1) is 0 Å². The zero-order valence-electron chi connectivity index (χ0n) is 13.8. The monoisotopic (exact) mass is 381 g/mol. The average Bonchev–Trinajstić information content (AvgIpc) is 2.83. The fourth-order valence-electron chi connectivity index (χ4n) is 3.58. The molecule has 3 heteroatoms. The molecule has 1 amide bonds. The Kier molecular flexibility index (Phi) is 3.71. The van der Waals surface area contributed by atoms with Crippen LogP contribution in [0.5, 0.6) is 0 Å². The van der Waals surface area contributed by atoms with Crippen LogP contribution in [0.4, 0.5) is 5.69 Å². The van der Waals surface area contributed by atoms with E-state index in [1.165, 1.54) is 20.8 Å². The Morgan fingerprint density at radius 2 is 1.67 bits per heavy atom. The predicted octanol–water partition coefficient (Wildman–Crippen LogP) is 3.52. The molecule has 0 spiro atoms. The number of rotatable bonds is 3. The standard InChI is InChI=1S/C21H19NOSe/c1-21(14-24-16-9-4-3-5-10-16)19-17-11-7-6-8-15(17)12-13-18(19)22(2)20(21)23/h3-13H,14H2,1-2H3/t21-/m0/s1. The number of amides is 1. The second kappa shape index (κ2) is 5.77. The predicted molar refractivity (Wildman–Crippen MR) is 101 cm³/mol. The molecule has 120 valence electrons. The van der Waals surface area contributed by atoms with Gasteiger partial charge in [-0.1, -0.05) is 0 Å². The summed E-state index contributed by atoms with van der Waals surface area (Å²) in [6, 6.07) is 23.1. The van der Waals surface area contributed by atoms with Gasteiger partial charge in [0, 0.05) is 0 Å². The fraction of sp³-hybridized carbons (Fsp3) is 0.190. The fourth-order valence-corrected chi connectivity index (χ4v) is 5.83. The molecule has 1 aliphatic heterocycles. The van der Waals surface area contributed by atoms with Crippen LogP contribution < -0.4 is 9.36 Å². The van der Waals surface area contributed by atoms with Gasteiger partial charge in [-0.05, 0) is 0 Å². The molecule has 0 saturated heterocycles. The minimum absolute atomic E-state index is 0.214. The van der Waals surface area contributed by atoms with Crippen molar-refractivity contribution in [3.8, 4) is 0 Å². The van der Waals surface area contributed by atoms with Crippen LogP contribution in [0.3, 0.4) is 0 Å². The second-order valence-electron chi connectivity index (χ2n) is 6.48. The van der Waals surface area contributed by atoms with Crippen LogP contribution in [-0.4, -0.2) is 27.9 Å². The van der Waals surface area contributed by atoms with Gasteiger partial charge in [-0.3, -0.25) is 0 Å². The van der Waals surface area contributed by atoms with E-state index in [2.05, 4.69) is 67.6 Å². The number of nitrogens with zero attached hydrogens (tertiary/aromatic N) is 1. The number of carbonyl (C=O) groups is 1. The molecular weight excluding hydrogens is 361 g/mol. The Morgan fingerprint density at radius 3 is 2.46 bits per heavy atom. The van der Waals surface area contributed by atoms with Gasteiger partial charge >= 0.3 is 148 Å². The van der Waals surface area contributed by atoms with Gasteiger partial charge in [0.2, 0.25) is 0 Å². The van der Waals surface area contributed by atoms with Crippen LogP contribution in [-0.2, 0) is 10.2 Å². The quantitative estimate of drug-likeness (QED) is 0.637. The van der Waals surface area contributed by atoms with Gasteiger partial charge in [-0.25, -0.2) is 0 Å². The van der Waals surface area contributed by atoms with E-state index in [1.54, 1.807) is 0 Å². The SMILES string of the molecule is CN1C(=O)[C@@](C)(C[Se]c2ccccc2)c2c1ccc1ccccc21. The molecule has 0 N–H and O–H groups in total. The summed E-state index contributed by atoms with van der Waals surface area (Å²) < 4.78 is 1.34. The molecule has 4 rings (SSSR count). The van der Waals surface area contributed by atoms with Crippen LogP contribution >= 0.6 is 0 Å². The van der Waals surface area contributed by atoms with E-state index >= 15 is 0 Å². The summed E-state index contributed by atoms with van der Waals surface area (Å²) in [6.45, 7) is 2.12. The summed E-state index contributed by atoms with van der Waals surface area (Å²) in [5.41, 5.74) is 1.82. The Bertz CT molecular complexity index is 922. The Hall–Kier alpha value is -2.09. The summed E-state index contributed by atoms with van der Waals surface area (Å²) in [5, 5.41) is 3.30. The number of fused-ring (bicyclic) bond motifs is 3. The zero-order chi connectivity index (χ0) is 16.7. The van der Waals surface area contributed by atoms with Crippen molar-refractivity contribution in [1.29, 1.82) is 0 Å². The number of anilines is 1. The first-order valence-electron chi connectivity index (χ1n) is 8.09. The number of benzene rings is 3. The third-order valence-corrected chi connectivity index (χ3v) is 7.65. The number of carbonyl (C=O) groups excluding carboxylic acids is 1. The first-order chi connectivity index (χ1) is 11.6. The number of hydrogen-bond donors (Lipinski definition) is 0. The normalized spacial score (nSPS) is 19.8. The first kappa shape index (κ1) is 15.4. The van der Waals surface area contributed by atoms with Crippen LogP contribution in [0.15, 0.2) is 66.7 Å². The molecule has 1 aliphatic rings. The van der Waals surface area contributed by atoms with Crippen molar-refractivity contribution in [2.45, 2.75) is 17.7 Å². The summed E-state index contributed by atoms with van der Waals surface area (Å²) in [6.07, 6.45) is 0. The topological polar surface area (TPSA) is 20.3 Å². The van der Waals surface area contributed by atoms with Crippen molar-refractivity contribution < 1.29 is 4.79 Å². The van der Waals surface area contributed by atoms with Crippen LogP contribution in [0.2, 0.25) is 5.32 Å². The summed E-state index contributed by atoms with van der Waals surface area (Å²) in [4.78, 5) is 14.9. The third kappa shape index (κ3) is 2.28. The molecule has 2 nitrogen and oxygen atoms in total. The van der Waals surface area contributed by atoms with Crippen molar-refractivity contribution >= 4 is 41.8 Å². The molecule has 24 heavy (non-hydrogen) atoms. The van der Waals surface area contributed by atoms with Gasteiger partial charge in [-0.2, -0.15) is 0 Å². The van der Waals surface area contributed by atoms with Gasteiger partial charge in [0.25, 0.3) is 0 Å². The molecule has 0 unspecified atom stereocenters. The number of hydrogen-bond acceptors (Lipinski definition) is 1. The van der Waals surface area contributed by atoms with E-state index < -0.39 is 5.41 Å². The molecule has 0 aliphatic carbocycles. The van der Waals surface area contributed by atoms with E-state index in [4.69, 9.17) is 0 Å². The molecule has 0 saturated carbocycles. The maximum absolute atomic E-state index is 13.1. The summed E-state index contributed by atoms with van der Waals surface area (Å²) in [7, 11) is 1.90. The summed E-state index contributed by atoms with van der Waals surface area (Å²) in [5.74, 6) is 0.214. The molecule has 3 aromatic carbocycles. The Morgan fingerprint density at radius 1 is 0.958 bits per heavy atom. The van der Waals surface area contributed by atoms with E-state index in [0.29, 0.717) is 0 Å². The van der Waals surface area contributed by atoms with Crippen molar-refractivity contribution in [3.63, 3.8) is 0 Å². The van der Waals surface area contributed by atoms with Crippen molar-refractivity contribution in [1.82, 2.24) is 0 Å². The van der Waals surface area contributed by atoms with E-state index in [-0.39, 0.29) is 20.9 Å². The van der Waals surface area contributed by atoms with Crippen LogP contribution in [0.25, 0.3) is 10.8 Å². The van der Waals surface area contributed by atoms with Gasteiger partial charge in [0.1, 0.15) is 0 Å². The average molecular weight is 380 g/mol.